The average Bonchev–Trinajstić information content (AvgIpc) is 2.67. The van der Waals surface area contributed by atoms with E-state index in [0.717, 1.165) is 0 Å². The predicted octanol–water partition coefficient (Wildman–Crippen LogP) is 4.45. The fraction of sp³-hybridized carbons (Fsp3) is 0.333. The number of amides is 2. The number of nitrogens with zero attached hydrogens (tertiary/aromatic N) is 1. The second-order valence-corrected chi connectivity index (χ2v) is 7.64. The minimum atomic E-state index is -0.774. The fourth-order valence-electron chi connectivity index (χ4n) is 2.61. The number of hydrogen-bond acceptors (Lipinski definition) is 3. The number of nitrogens with one attached hydrogen (secondary N) is 1. The van der Waals surface area contributed by atoms with Gasteiger partial charge in [-0.2, -0.15) is 0 Å². The van der Waals surface area contributed by atoms with E-state index in [-0.39, 0.29) is 24.2 Å². The average molecular weight is 441 g/mol. The van der Waals surface area contributed by atoms with E-state index in [1.807, 2.05) is 13.8 Å². The van der Waals surface area contributed by atoms with Gasteiger partial charge < -0.3 is 15.0 Å². The van der Waals surface area contributed by atoms with Gasteiger partial charge in [0.05, 0.1) is 10.0 Å². The quantitative estimate of drug-likeness (QED) is 0.659. The molecule has 2 amide bonds. The second kappa shape index (κ2) is 10.5. The summed E-state index contributed by atoms with van der Waals surface area (Å²) in [6.45, 7) is 4.98. The van der Waals surface area contributed by atoms with Crippen molar-refractivity contribution < 1.29 is 18.7 Å². The van der Waals surface area contributed by atoms with Crippen molar-refractivity contribution in [2.24, 2.45) is 0 Å². The van der Waals surface area contributed by atoms with Crippen molar-refractivity contribution in [1.29, 1.82) is 0 Å². The maximum absolute atomic E-state index is 13.8. The van der Waals surface area contributed by atoms with Crippen LogP contribution in [0.15, 0.2) is 42.5 Å². The van der Waals surface area contributed by atoms with Crippen LogP contribution in [0.3, 0.4) is 0 Å². The number of carbonyl (C=O) groups is 2. The molecule has 8 heteroatoms. The Kier molecular flexibility index (Phi) is 8.29. The molecule has 2 aromatic carbocycles. The summed E-state index contributed by atoms with van der Waals surface area (Å²) in [6.07, 6.45) is 0. The third-order valence-corrected chi connectivity index (χ3v) is 4.86. The number of halogens is 3. The maximum Gasteiger partial charge on any atom is 0.261 e. The van der Waals surface area contributed by atoms with Gasteiger partial charge in [-0.3, -0.25) is 9.59 Å². The molecule has 0 saturated carbocycles. The zero-order valence-electron chi connectivity index (χ0n) is 16.4. The van der Waals surface area contributed by atoms with E-state index in [2.05, 4.69) is 5.32 Å². The molecule has 2 aromatic rings. The molecule has 29 heavy (non-hydrogen) atoms. The lowest BCUT2D eigenvalue weighted by Gasteiger charge is -2.29. The number of benzene rings is 2. The molecule has 0 aromatic heterocycles. The molecule has 0 unspecified atom stereocenters. The lowest BCUT2D eigenvalue weighted by atomic mass is 10.1. The molecule has 0 bridgehead atoms. The Morgan fingerprint density at radius 1 is 1.10 bits per heavy atom. The summed E-state index contributed by atoms with van der Waals surface area (Å²) in [6, 6.07) is 9.93. The van der Waals surface area contributed by atoms with Gasteiger partial charge in [-0.05, 0) is 50.6 Å². The van der Waals surface area contributed by atoms with Crippen molar-refractivity contribution >= 4 is 35.0 Å². The minimum absolute atomic E-state index is 0.0328. The van der Waals surface area contributed by atoms with Crippen LogP contribution in [0.2, 0.25) is 10.0 Å². The third-order valence-electron chi connectivity index (χ3n) is 4.12. The van der Waals surface area contributed by atoms with Crippen molar-refractivity contribution in [3.63, 3.8) is 0 Å². The van der Waals surface area contributed by atoms with Crippen molar-refractivity contribution in [1.82, 2.24) is 10.2 Å². The highest BCUT2D eigenvalue weighted by Gasteiger charge is 2.27. The van der Waals surface area contributed by atoms with Gasteiger partial charge in [-0.15, -0.1) is 0 Å². The zero-order chi connectivity index (χ0) is 21.6. The molecule has 0 aliphatic rings. The van der Waals surface area contributed by atoms with Crippen LogP contribution in [-0.4, -0.2) is 35.4 Å². The number of hydrogen-bond donors (Lipinski definition) is 1. The molecule has 0 heterocycles. The molecule has 1 N–H and O–H groups in total. The number of para-hydroxylation sites is 1. The molecule has 0 radical (unpaired) electrons. The first kappa shape index (κ1) is 23.0. The van der Waals surface area contributed by atoms with Crippen LogP contribution in [0.25, 0.3) is 0 Å². The highest BCUT2D eigenvalue weighted by Crippen LogP contribution is 2.24. The normalized spacial score (nSPS) is 11.8. The van der Waals surface area contributed by atoms with Gasteiger partial charge in [-0.25, -0.2) is 4.39 Å². The topological polar surface area (TPSA) is 58.6 Å². The van der Waals surface area contributed by atoms with E-state index in [1.54, 1.807) is 31.2 Å². The first-order valence-electron chi connectivity index (χ1n) is 9.10. The predicted molar refractivity (Wildman–Crippen MR) is 112 cm³/mol. The Morgan fingerprint density at radius 2 is 1.79 bits per heavy atom. The van der Waals surface area contributed by atoms with Gasteiger partial charge >= 0.3 is 0 Å². The van der Waals surface area contributed by atoms with Gasteiger partial charge in [-0.1, -0.05) is 41.4 Å². The van der Waals surface area contributed by atoms with Crippen LogP contribution < -0.4 is 10.1 Å². The smallest absolute Gasteiger partial charge is 0.261 e. The lowest BCUT2D eigenvalue weighted by molar-refractivity contribution is -0.142. The van der Waals surface area contributed by atoms with Crippen LogP contribution >= 0.6 is 23.2 Å². The van der Waals surface area contributed by atoms with E-state index >= 15 is 0 Å². The summed E-state index contributed by atoms with van der Waals surface area (Å²) in [5, 5.41) is 3.52. The SMILES string of the molecule is CC(C)NC(=O)[C@H](C)N(Cc1ccc(Cl)c(Cl)c1)C(=O)COc1ccccc1F. The monoisotopic (exact) mass is 440 g/mol. The third kappa shape index (κ3) is 6.61. The summed E-state index contributed by atoms with van der Waals surface area (Å²) in [7, 11) is 0. The summed E-state index contributed by atoms with van der Waals surface area (Å²) in [5.41, 5.74) is 0.697. The van der Waals surface area contributed by atoms with Crippen molar-refractivity contribution in [2.45, 2.75) is 39.4 Å². The van der Waals surface area contributed by atoms with E-state index in [9.17, 15) is 14.0 Å². The summed E-state index contributed by atoms with van der Waals surface area (Å²) in [4.78, 5) is 26.7. The molecular weight excluding hydrogens is 418 g/mol. The van der Waals surface area contributed by atoms with Crippen LogP contribution in [0.4, 0.5) is 4.39 Å². The van der Waals surface area contributed by atoms with E-state index in [1.165, 1.54) is 23.1 Å². The zero-order valence-corrected chi connectivity index (χ0v) is 17.9. The second-order valence-electron chi connectivity index (χ2n) is 6.83. The van der Waals surface area contributed by atoms with Crippen LogP contribution in [0.5, 0.6) is 5.75 Å². The van der Waals surface area contributed by atoms with Crippen molar-refractivity contribution in [2.75, 3.05) is 6.61 Å². The van der Waals surface area contributed by atoms with E-state index in [4.69, 9.17) is 27.9 Å². The van der Waals surface area contributed by atoms with Gasteiger partial charge in [0.25, 0.3) is 5.91 Å². The Morgan fingerprint density at radius 3 is 2.41 bits per heavy atom. The highest BCUT2D eigenvalue weighted by atomic mass is 35.5. The van der Waals surface area contributed by atoms with Crippen LogP contribution in [0.1, 0.15) is 26.3 Å². The van der Waals surface area contributed by atoms with Gasteiger partial charge in [0, 0.05) is 12.6 Å². The fourth-order valence-corrected chi connectivity index (χ4v) is 2.93. The molecule has 1 atom stereocenters. The van der Waals surface area contributed by atoms with Crippen LogP contribution in [-0.2, 0) is 16.1 Å². The van der Waals surface area contributed by atoms with Crippen LogP contribution in [0, 0.1) is 5.82 Å². The largest absolute Gasteiger partial charge is 0.481 e. The molecule has 0 aliphatic heterocycles. The highest BCUT2D eigenvalue weighted by molar-refractivity contribution is 6.42. The maximum atomic E-state index is 13.8. The summed E-state index contributed by atoms with van der Waals surface area (Å²) in [5.74, 6) is -1.37. The van der Waals surface area contributed by atoms with Gasteiger partial charge in [0.15, 0.2) is 18.2 Å². The summed E-state index contributed by atoms with van der Waals surface area (Å²) < 4.78 is 19.1. The standard InChI is InChI=1S/C21H23Cl2FN2O3/c1-13(2)25-21(28)14(3)26(11-15-8-9-16(22)17(23)10-15)20(27)12-29-19-7-5-4-6-18(19)24/h4-10,13-14H,11-12H2,1-3H3,(H,25,28)/t14-/m0/s1. The van der Waals surface area contributed by atoms with E-state index in [0.29, 0.717) is 15.6 Å². The number of carbonyl (C=O) groups excluding carboxylic acids is 2. The van der Waals surface area contributed by atoms with Gasteiger partial charge in [0.1, 0.15) is 6.04 Å². The molecule has 0 aliphatic carbocycles. The Hall–Kier alpha value is -2.31. The Bertz CT molecular complexity index is 877. The first-order valence-corrected chi connectivity index (χ1v) is 9.85. The molecule has 156 valence electrons. The van der Waals surface area contributed by atoms with Crippen molar-refractivity contribution in [3.05, 3.63) is 63.9 Å². The lowest BCUT2D eigenvalue weighted by Crippen LogP contribution is -2.50. The first-order chi connectivity index (χ1) is 13.7. The molecular formula is C21H23Cl2FN2O3. The number of ether oxygens (including phenoxy) is 1. The Labute approximate surface area is 179 Å². The molecule has 2 rings (SSSR count). The van der Waals surface area contributed by atoms with Gasteiger partial charge in [0.2, 0.25) is 5.91 Å². The van der Waals surface area contributed by atoms with E-state index < -0.39 is 24.4 Å². The molecule has 5 nitrogen and oxygen atoms in total. The molecule has 0 fully saturated rings. The molecule has 0 spiro atoms. The minimum Gasteiger partial charge on any atom is -0.481 e. The summed E-state index contributed by atoms with van der Waals surface area (Å²) >= 11 is 12.0. The van der Waals surface area contributed by atoms with Crippen molar-refractivity contribution in [3.8, 4) is 5.75 Å². The molecule has 0 saturated heterocycles. The Balaban J connectivity index is 2.20. The number of rotatable bonds is 8.